The average molecular weight is 439 g/mol. The normalized spacial score (nSPS) is 11.6. The molecule has 160 valence electrons. The Morgan fingerprint density at radius 3 is 2.52 bits per heavy atom. The summed E-state index contributed by atoms with van der Waals surface area (Å²) in [5, 5.41) is 4.93. The van der Waals surface area contributed by atoms with Gasteiger partial charge in [0.05, 0.1) is 10.3 Å². The van der Waals surface area contributed by atoms with Crippen molar-refractivity contribution in [2.24, 2.45) is 7.05 Å². The Kier molecular flexibility index (Phi) is 5.28. The number of carbonyl (C=O) groups is 1. The molecule has 2 heterocycles. The number of sulfone groups is 1. The summed E-state index contributed by atoms with van der Waals surface area (Å²) in [7, 11) is -1.50. The third kappa shape index (κ3) is 4.17. The fourth-order valence-electron chi connectivity index (χ4n) is 3.20. The van der Waals surface area contributed by atoms with E-state index in [1.165, 1.54) is 17.0 Å². The topological polar surface area (TPSA) is 94.6 Å². The second-order valence-electron chi connectivity index (χ2n) is 7.02. The van der Waals surface area contributed by atoms with Crippen molar-refractivity contribution in [3.8, 4) is 11.5 Å². The number of anilines is 1. The number of aryl methyl sites for hydroxylation is 1. The van der Waals surface area contributed by atoms with Crippen LogP contribution in [0.25, 0.3) is 11.0 Å². The summed E-state index contributed by atoms with van der Waals surface area (Å²) in [6.45, 7) is 2.30. The van der Waals surface area contributed by atoms with Crippen LogP contribution in [0.2, 0.25) is 0 Å². The Bertz CT molecular complexity index is 1350. The number of benzene rings is 2. The van der Waals surface area contributed by atoms with E-state index >= 15 is 0 Å². The molecule has 1 amide bonds. The summed E-state index contributed by atoms with van der Waals surface area (Å²) in [6, 6.07) is 14.8. The highest BCUT2D eigenvalue weighted by molar-refractivity contribution is 7.90. The lowest BCUT2D eigenvalue weighted by Gasteiger charge is -2.16. The molecule has 4 aromatic rings. The molecule has 0 aliphatic rings. The molecule has 2 aromatic heterocycles. The molecule has 0 aliphatic carbocycles. The predicted molar refractivity (Wildman–Crippen MR) is 116 cm³/mol. The van der Waals surface area contributed by atoms with Crippen LogP contribution in [-0.4, -0.2) is 36.9 Å². The van der Waals surface area contributed by atoms with E-state index in [2.05, 4.69) is 5.10 Å². The summed E-state index contributed by atoms with van der Waals surface area (Å²) in [5.74, 6) is 1.37. The van der Waals surface area contributed by atoms with Crippen molar-refractivity contribution < 1.29 is 22.4 Å². The molecule has 4 rings (SSSR count). The lowest BCUT2D eigenvalue weighted by Crippen LogP contribution is -2.30. The molecule has 0 unspecified atom stereocenters. The van der Waals surface area contributed by atoms with E-state index in [0.717, 1.165) is 6.26 Å². The molecule has 9 heteroatoms. The quantitative estimate of drug-likeness (QED) is 0.450. The van der Waals surface area contributed by atoms with Gasteiger partial charge in [0.1, 0.15) is 17.1 Å². The summed E-state index contributed by atoms with van der Waals surface area (Å²) in [5.41, 5.74) is 0.505. The van der Waals surface area contributed by atoms with Crippen LogP contribution in [-0.2, 0) is 16.9 Å². The van der Waals surface area contributed by atoms with Crippen molar-refractivity contribution in [3.05, 3.63) is 66.6 Å². The van der Waals surface area contributed by atoms with Crippen LogP contribution < -0.4 is 9.64 Å². The van der Waals surface area contributed by atoms with Gasteiger partial charge >= 0.3 is 0 Å². The molecule has 0 atom stereocenters. The third-order valence-corrected chi connectivity index (χ3v) is 5.88. The Morgan fingerprint density at radius 1 is 1.16 bits per heavy atom. The standard InChI is InChI=1S/C22H21N3O5S/c1-4-25(21-12-13-24(2)23-21)22(26)20-14-17-18(6-5-7-19(17)30-20)29-15-8-10-16(11-9-15)31(3,27)28/h5-14H,4H2,1-3H3. The maximum absolute atomic E-state index is 13.0. The van der Waals surface area contributed by atoms with Gasteiger partial charge in [-0.2, -0.15) is 5.10 Å². The molecule has 0 saturated carbocycles. The van der Waals surface area contributed by atoms with Crippen LogP contribution in [0.5, 0.6) is 11.5 Å². The Labute approximate surface area is 179 Å². The van der Waals surface area contributed by atoms with Crippen molar-refractivity contribution >= 4 is 32.5 Å². The maximum Gasteiger partial charge on any atom is 0.295 e. The Morgan fingerprint density at radius 2 is 1.90 bits per heavy atom. The number of furan rings is 1. The van der Waals surface area contributed by atoms with Gasteiger partial charge in [-0.25, -0.2) is 8.42 Å². The van der Waals surface area contributed by atoms with Gasteiger partial charge in [-0.05, 0) is 43.3 Å². The van der Waals surface area contributed by atoms with Crippen molar-refractivity contribution in [3.63, 3.8) is 0 Å². The largest absolute Gasteiger partial charge is 0.457 e. The van der Waals surface area contributed by atoms with E-state index < -0.39 is 9.84 Å². The molecular formula is C22H21N3O5S. The van der Waals surface area contributed by atoms with E-state index in [4.69, 9.17) is 9.15 Å². The zero-order chi connectivity index (χ0) is 22.2. The van der Waals surface area contributed by atoms with Gasteiger partial charge in [0, 0.05) is 38.2 Å². The molecule has 2 aromatic carbocycles. The summed E-state index contributed by atoms with van der Waals surface area (Å²) in [4.78, 5) is 14.8. The lowest BCUT2D eigenvalue weighted by molar-refractivity contribution is 0.0963. The van der Waals surface area contributed by atoms with Crippen molar-refractivity contribution in [1.29, 1.82) is 0 Å². The van der Waals surface area contributed by atoms with E-state index in [1.807, 2.05) is 6.92 Å². The molecular weight excluding hydrogens is 418 g/mol. The summed E-state index contributed by atoms with van der Waals surface area (Å²) in [6.07, 6.45) is 2.92. The first-order valence-corrected chi connectivity index (χ1v) is 11.5. The van der Waals surface area contributed by atoms with Gasteiger partial charge in [0.2, 0.25) is 0 Å². The number of rotatable bonds is 6. The zero-order valence-corrected chi connectivity index (χ0v) is 18.1. The number of aromatic nitrogens is 2. The minimum Gasteiger partial charge on any atom is -0.457 e. The number of nitrogens with zero attached hydrogens (tertiary/aromatic N) is 3. The molecule has 31 heavy (non-hydrogen) atoms. The first-order valence-electron chi connectivity index (χ1n) is 9.58. The van der Waals surface area contributed by atoms with Gasteiger partial charge in [0.25, 0.3) is 5.91 Å². The predicted octanol–water partition coefficient (Wildman–Crippen LogP) is 4.03. The van der Waals surface area contributed by atoms with Gasteiger partial charge in [-0.15, -0.1) is 0 Å². The first-order chi connectivity index (χ1) is 14.8. The third-order valence-electron chi connectivity index (χ3n) is 4.75. The Balaban J connectivity index is 1.64. The van der Waals surface area contributed by atoms with Gasteiger partial charge in [-0.1, -0.05) is 6.07 Å². The van der Waals surface area contributed by atoms with E-state index in [9.17, 15) is 13.2 Å². The molecule has 0 radical (unpaired) electrons. The van der Waals surface area contributed by atoms with E-state index in [-0.39, 0.29) is 16.6 Å². The molecule has 0 N–H and O–H groups in total. The van der Waals surface area contributed by atoms with Crippen molar-refractivity contribution in [1.82, 2.24) is 9.78 Å². The minimum atomic E-state index is -3.28. The van der Waals surface area contributed by atoms with Crippen molar-refractivity contribution in [2.75, 3.05) is 17.7 Å². The Hall–Kier alpha value is -3.59. The number of fused-ring (bicyclic) bond motifs is 1. The van der Waals surface area contributed by atoms with Crippen LogP contribution in [0.15, 0.2) is 70.1 Å². The van der Waals surface area contributed by atoms with Crippen molar-refractivity contribution in [2.45, 2.75) is 11.8 Å². The van der Waals surface area contributed by atoms with Gasteiger partial charge in [0.15, 0.2) is 21.4 Å². The minimum absolute atomic E-state index is 0.172. The van der Waals surface area contributed by atoms with E-state index in [1.54, 1.807) is 60.4 Å². The molecule has 8 nitrogen and oxygen atoms in total. The highest BCUT2D eigenvalue weighted by Gasteiger charge is 2.23. The summed E-state index contributed by atoms with van der Waals surface area (Å²) < 4.78 is 36.6. The van der Waals surface area contributed by atoms with E-state index in [0.29, 0.717) is 34.8 Å². The second-order valence-corrected chi connectivity index (χ2v) is 9.04. The van der Waals surface area contributed by atoms with Crippen LogP contribution in [0, 0.1) is 0 Å². The number of hydrogen-bond donors (Lipinski definition) is 0. The lowest BCUT2D eigenvalue weighted by atomic mass is 10.2. The smallest absolute Gasteiger partial charge is 0.295 e. The SMILES string of the molecule is CCN(C(=O)c1cc2c(Oc3ccc(S(C)(=O)=O)cc3)cccc2o1)c1ccn(C)n1. The zero-order valence-electron chi connectivity index (χ0n) is 17.3. The monoisotopic (exact) mass is 439 g/mol. The van der Waals surface area contributed by atoms with Gasteiger partial charge in [-0.3, -0.25) is 14.4 Å². The molecule has 0 spiro atoms. The first kappa shape index (κ1) is 20.7. The highest BCUT2D eigenvalue weighted by Crippen LogP contribution is 2.33. The maximum atomic E-state index is 13.0. The fraction of sp³-hybridized carbons (Fsp3) is 0.182. The van der Waals surface area contributed by atoms with Gasteiger partial charge < -0.3 is 9.15 Å². The number of carbonyl (C=O) groups excluding carboxylic acids is 1. The molecule has 0 fully saturated rings. The van der Waals surface area contributed by atoms with Crippen LogP contribution in [0.4, 0.5) is 5.82 Å². The average Bonchev–Trinajstić information content (AvgIpc) is 3.35. The second kappa shape index (κ2) is 7.92. The van der Waals surface area contributed by atoms with Crippen LogP contribution >= 0.6 is 0 Å². The van der Waals surface area contributed by atoms with Crippen LogP contribution in [0.3, 0.4) is 0 Å². The van der Waals surface area contributed by atoms with Crippen LogP contribution in [0.1, 0.15) is 17.5 Å². The highest BCUT2D eigenvalue weighted by atomic mass is 32.2. The molecule has 0 saturated heterocycles. The number of ether oxygens (including phenoxy) is 1. The molecule has 0 aliphatic heterocycles. The number of amides is 1. The molecule has 0 bridgehead atoms. The fourth-order valence-corrected chi connectivity index (χ4v) is 3.83. The number of hydrogen-bond acceptors (Lipinski definition) is 6. The summed E-state index contributed by atoms with van der Waals surface area (Å²) >= 11 is 0.